The number of benzene rings is 1. The summed E-state index contributed by atoms with van der Waals surface area (Å²) in [7, 11) is 0. The number of carbonyl (C=O) groups excluding carboxylic acids is 2. The maximum Gasteiger partial charge on any atom is 0.318 e. The monoisotopic (exact) mass is 369 g/mol. The molecule has 0 spiro atoms. The normalized spacial score (nSPS) is 15.5. The molecule has 144 valence electrons. The van der Waals surface area contributed by atoms with Gasteiger partial charge >= 0.3 is 6.03 Å². The summed E-state index contributed by atoms with van der Waals surface area (Å²) in [6.45, 7) is 6.63. The first kappa shape index (κ1) is 18.9. The van der Waals surface area contributed by atoms with E-state index in [1.807, 2.05) is 43.5 Å². The lowest BCUT2D eigenvalue weighted by Gasteiger charge is -2.35. The van der Waals surface area contributed by atoms with Crippen LogP contribution in [0, 0.1) is 6.92 Å². The van der Waals surface area contributed by atoms with Crippen LogP contribution < -0.4 is 5.32 Å². The molecular formula is C20H27N5O2. The van der Waals surface area contributed by atoms with E-state index in [0.717, 1.165) is 24.4 Å². The number of urea groups is 1. The number of aromatic nitrogens is 2. The molecule has 2 heterocycles. The van der Waals surface area contributed by atoms with Crippen molar-refractivity contribution in [2.45, 2.75) is 32.9 Å². The molecule has 1 fully saturated rings. The lowest BCUT2D eigenvalue weighted by molar-refractivity contribution is -0.130. The molecule has 3 amide bonds. The van der Waals surface area contributed by atoms with Crippen molar-refractivity contribution in [1.82, 2.24) is 24.7 Å². The number of hydrogen-bond donors (Lipinski definition) is 1. The summed E-state index contributed by atoms with van der Waals surface area (Å²) in [6, 6.07) is 9.88. The maximum atomic E-state index is 12.8. The molecule has 1 aromatic carbocycles. The molecule has 3 rings (SSSR count). The van der Waals surface area contributed by atoms with Gasteiger partial charge in [0.2, 0.25) is 5.91 Å². The molecular weight excluding hydrogens is 342 g/mol. The van der Waals surface area contributed by atoms with E-state index in [1.165, 1.54) is 0 Å². The highest BCUT2D eigenvalue weighted by molar-refractivity contribution is 5.76. The standard InChI is InChI=1S/C20H27N5O2/c1-16-21-9-11-23(16)10-8-19(18-6-4-3-5-7-18)22-20(27)25-14-12-24(13-15-25)17(2)26/h3-7,9,11,19H,8,10,12-15H2,1-2H3,(H,22,27)/t19-/m0/s1. The second-order valence-corrected chi connectivity index (χ2v) is 6.86. The Kier molecular flexibility index (Phi) is 6.11. The molecule has 2 aromatic rings. The fourth-order valence-corrected chi connectivity index (χ4v) is 3.38. The highest BCUT2D eigenvalue weighted by Gasteiger charge is 2.24. The van der Waals surface area contributed by atoms with Crippen molar-refractivity contribution in [3.63, 3.8) is 0 Å². The van der Waals surface area contributed by atoms with Crippen molar-refractivity contribution < 1.29 is 9.59 Å². The summed E-state index contributed by atoms with van der Waals surface area (Å²) in [4.78, 5) is 32.1. The number of hydrogen-bond acceptors (Lipinski definition) is 3. The second kappa shape index (κ2) is 8.70. The van der Waals surface area contributed by atoms with Crippen LogP contribution in [0.4, 0.5) is 4.79 Å². The number of piperazine rings is 1. The van der Waals surface area contributed by atoms with E-state index < -0.39 is 0 Å². The summed E-state index contributed by atoms with van der Waals surface area (Å²) in [6.07, 6.45) is 4.53. The first-order valence-electron chi connectivity index (χ1n) is 9.38. The third-order valence-electron chi connectivity index (χ3n) is 5.09. The summed E-state index contributed by atoms with van der Waals surface area (Å²) >= 11 is 0. The summed E-state index contributed by atoms with van der Waals surface area (Å²) in [5.41, 5.74) is 1.09. The first-order valence-corrected chi connectivity index (χ1v) is 9.38. The predicted octanol–water partition coefficient (Wildman–Crippen LogP) is 2.20. The van der Waals surface area contributed by atoms with Gasteiger partial charge in [0, 0.05) is 52.0 Å². The molecule has 0 unspecified atom stereocenters. The number of imidazole rings is 1. The molecule has 0 saturated carbocycles. The minimum atomic E-state index is -0.0775. The van der Waals surface area contributed by atoms with E-state index in [2.05, 4.69) is 14.9 Å². The van der Waals surface area contributed by atoms with E-state index in [9.17, 15) is 9.59 Å². The van der Waals surface area contributed by atoms with Crippen LogP contribution in [-0.2, 0) is 11.3 Å². The Morgan fingerprint density at radius 1 is 1.11 bits per heavy atom. The highest BCUT2D eigenvalue weighted by atomic mass is 16.2. The number of rotatable bonds is 5. The summed E-state index contributed by atoms with van der Waals surface area (Å²) < 4.78 is 2.09. The van der Waals surface area contributed by atoms with Crippen LogP contribution in [0.15, 0.2) is 42.7 Å². The third-order valence-corrected chi connectivity index (χ3v) is 5.09. The summed E-state index contributed by atoms with van der Waals surface area (Å²) in [5.74, 6) is 1.03. The number of nitrogens with one attached hydrogen (secondary N) is 1. The Morgan fingerprint density at radius 3 is 2.37 bits per heavy atom. The quantitative estimate of drug-likeness (QED) is 0.878. The van der Waals surface area contributed by atoms with Crippen LogP contribution in [0.1, 0.15) is 30.8 Å². The van der Waals surface area contributed by atoms with E-state index in [1.54, 1.807) is 22.9 Å². The number of nitrogens with zero attached hydrogens (tertiary/aromatic N) is 4. The Bertz CT molecular complexity index is 766. The van der Waals surface area contributed by atoms with Crippen molar-refractivity contribution in [2.75, 3.05) is 26.2 Å². The van der Waals surface area contributed by atoms with E-state index in [0.29, 0.717) is 26.2 Å². The van der Waals surface area contributed by atoms with Gasteiger partial charge in [0.25, 0.3) is 0 Å². The lowest BCUT2D eigenvalue weighted by Crippen LogP contribution is -2.53. The zero-order valence-electron chi connectivity index (χ0n) is 16.0. The second-order valence-electron chi connectivity index (χ2n) is 6.86. The topological polar surface area (TPSA) is 70.5 Å². The number of carbonyl (C=O) groups is 2. The number of aryl methyl sites for hydroxylation is 2. The molecule has 0 radical (unpaired) electrons. The average Bonchev–Trinajstić information content (AvgIpc) is 3.10. The fraction of sp³-hybridized carbons (Fsp3) is 0.450. The fourth-order valence-electron chi connectivity index (χ4n) is 3.38. The van der Waals surface area contributed by atoms with Crippen molar-refractivity contribution in [2.24, 2.45) is 0 Å². The van der Waals surface area contributed by atoms with Gasteiger partial charge in [-0.2, -0.15) is 0 Å². The molecule has 1 aromatic heterocycles. The van der Waals surface area contributed by atoms with Crippen LogP contribution in [0.25, 0.3) is 0 Å². The molecule has 0 bridgehead atoms. The van der Waals surface area contributed by atoms with Gasteiger partial charge in [-0.25, -0.2) is 9.78 Å². The molecule has 7 heteroatoms. The minimum Gasteiger partial charge on any atom is -0.339 e. The molecule has 27 heavy (non-hydrogen) atoms. The van der Waals surface area contributed by atoms with Gasteiger partial charge in [-0.15, -0.1) is 0 Å². The van der Waals surface area contributed by atoms with E-state index in [-0.39, 0.29) is 18.0 Å². The molecule has 1 aliphatic rings. The van der Waals surface area contributed by atoms with Gasteiger partial charge in [0.1, 0.15) is 5.82 Å². The van der Waals surface area contributed by atoms with Crippen molar-refractivity contribution in [1.29, 1.82) is 0 Å². The van der Waals surface area contributed by atoms with Gasteiger partial charge < -0.3 is 19.7 Å². The lowest BCUT2D eigenvalue weighted by atomic mass is 10.0. The van der Waals surface area contributed by atoms with Crippen molar-refractivity contribution in [3.8, 4) is 0 Å². The number of amides is 3. The first-order chi connectivity index (χ1) is 13.0. The molecule has 1 atom stereocenters. The van der Waals surface area contributed by atoms with Crippen LogP contribution in [0.2, 0.25) is 0 Å². The third kappa shape index (κ3) is 4.87. The Balaban J connectivity index is 1.63. The summed E-state index contributed by atoms with van der Waals surface area (Å²) in [5, 5.41) is 3.18. The van der Waals surface area contributed by atoms with Crippen molar-refractivity contribution in [3.05, 3.63) is 54.1 Å². The Morgan fingerprint density at radius 2 is 1.78 bits per heavy atom. The maximum absolute atomic E-state index is 12.8. The van der Waals surface area contributed by atoms with Gasteiger partial charge in [-0.05, 0) is 18.9 Å². The Hall–Kier alpha value is -2.83. The smallest absolute Gasteiger partial charge is 0.318 e. The largest absolute Gasteiger partial charge is 0.339 e. The van der Waals surface area contributed by atoms with Crippen molar-refractivity contribution >= 4 is 11.9 Å². The molecule has 1 saturated heterocycles. The van der Waals surface area contributed by atoms with Crippen LogP contribution >= 0.6 is 0 Å². The SMILES string of the molecule is CC(=O)N1CCN(C(=O)N[C@@H](CCn2ccnc2C)c2ccccc2)CC1. The zero-order chi connectivity index (χ0) is 19.2. The molecule has 1 N–H and O–H groups in total. The van der Waals surface area contributed by atoms with Crippen LogP contribution in [0.3, 0.4) is 0 Å². The highest BCUT2D eigenvalue weighted by Crippen LogP contribution is 2.19. The average molecular weight is 369 g/mol. The Labute approximate surface area is 160 Å². The minimum absolute atomic E-state index is 0.0629. The predicted molar refractivity (Wildman–Crippen MR) is 103 cm³/mol. The van der Waals surface area contributed by atoms with E-state index >= 15 is 0 Å². The van der Waals surface area contributed by atoms with E-state index in [4.69, 9.17) is 0 Å². The van der Waals surface area contributed by atoms with Gasteiger partial charge in [0.15, 0.2) is 0 Å². The van der Waals surface area contributed by atoms with Gasteiger partial charge in [-0.3, -0.25) is 4.79 Å². The van der Waals surface area contributed by atoms with Crippen LogP contribution in [0.5, 0.6) is 0 Å². The van der Waals surface area contributed by atoms with Crippen LogP contribution in [-0.4, -0.2) is 57.5 Å². The molecule has 0 aliphatic carbocycles. The van der Waals surface area contributed by atoms with Gasteiger partial charge in [0.05, 0.1) is 6.04 Å². The molecule has 7 nitrogen and oxygen atoms in total. The molecule has 1 aliphatic heterocycles. The van der Waals surface area contributed by atoms with Gasteiger partial charge in [-0.1, -0.05) is 30.3 Å². The zero-order valence-corrected chi connectivity index (χ0v) is 16.0.